The van der Waals surface area contributed by atoms with Crippen LogP contribution in [0.25, 0.3) is 0 Å². The van der Waals surface area contributed by atoms with Crippen molar-refractivity contribution in [2.45, 2.75) is 6.42 Å². The van der Waals surface area contributed by atoms with E-state index in [9.17, 15) is 5.11 Å². The second-order valence-electron chi connectivity index (χ2n) is 3.19. The summed E-state index contributed by atoms with van der Waals surface area (Å²) in [6, 6.07) is 1.70. The van der Waals surface area contributed by atoms with Gasteiger partial charge in [0.15, 0.2) is 11.5 Å². The third-order valence-electron chi connectivity index (χ3n) is 2.30. The molecule has 0 saturated heterocycles. The first-order valence-corrected chi connectivity index (χ1v) is 4.90. The number of hydrogen-bond donors (Lipinski definition) is 2. The van der Waals surface area contributed by atoms with E-state index in [1.807, 2.05) is 0 Å². The van der Waals surface area contributed by atoms with Gasteiger partial charge in [-0.05, 0) is 19.0 Å². The maximum absolute atomic E-state index is 9.94. The molecule has 1 rings (SSSR count). The molecule has 5 nitrogen and oxygen atoms in total. The highest BCUT2D eigenvalue weighted by molar-refractivity contribution is 5.62. The lowest BCUT2D eigenvalue weighted by atomic mass is 10.1. The van der Waals surface area contributed by atoms with Crippen LogP contribution < -0.4 is 19.9 Å². The van der Waals surface area contributed by atoms with Crippen LogP contribution in [0, 0.1) is 0 Å². The Hall–Kier alpha value is -1.62. The first-order valence-electron chi connectivity index (χ1n) is 4.90. The van der Waals surface area contributed by atoms with Crippen molar-refractivity contribution in [3.05, 3.63) is 11.6 Å². The Morgan fingerprint density at radius 2 is 1.75 bits per heavy atom. The average molecular weight is 227 g/mol. The molecule has 0 aromatic heterocycles. The summed E-state index contributed by atoms with van der Waals surface area (Å²) in [7, 11) is 4.48. The first kappa shape index (κ1) is 12.4. The zero-order valence-electron chi connectivity index (χ0n) is 9.74. The van der Waals surface area contributed by atoms with Gasteiger partial charge < -0.3 is 25.1 Å². The van der Waals surface area contributed by atoms with Crippen molar-refractivity contribution in [3.8, 4) is 23.0 Å². The standard InChI is InChI=1S/C11H17NO4/c1-14-8-6-7(4-5-12)9(13)11(16-3)10(8)15-2/h6,13H,4-5,12H2,1-3H3. The Morgan fingerprint density at radius 1 is 1.12 bits per heavy atom. The van der Waals surface area contributed by atoms with Crippen LogP contribution in [0.15, 0.2) is 6.07 Å². The smallest absolute Gasteiger partial charge is 0.207 e. The van der Waals surface area contributed by atoms with Crippen LogP contribution in [0.2, 0.25) is 0 Å². The number of methoxy groups -OCH3 is 3. The van der Waals surface area contributed by atoms with Gasteiger partial charge in [0.1, 0.15) is 0 Å². The van der Waals surface area contributed by atoms with E-state index in [0.717, 1.165) is 0 Å². The van der Waals surface area contributed by atoms with Crippen LogP contribution in [0.4, 0.5) is 0 Å². The monoisotopic (exact) mass is 227 g/mol. The number of phenolic OH excluding ortho intramolecular Hbond substituents is 1. The van der Waals surface area contributed by atoms with E-state index in [1.54, 1.807) is 6.07 Å². The molecule has 3 N–H and O–H groups in total. The predicted molar refractivity (Wildman–Crippen MR) is 60.5 cm³/mol. The van der Waals surface area contributed by atoms with Crippen LogP contribution in [0.1, 0.15) is 5.56 Å². The first-order chi connectivity index (χ1) is 7.69. The third kappa shape index (κ3) is 2.14. The van der Waals surface area contributed by atoms with Crippen molar-refractivity contribution in [3.63, 3.8) is 0 Å². The van der Waals surface area contributed by atoms with Gasteiger partial charge in [-0.1, -0.05) is 0 Å². The van der Waals surface area contributed by atoms with Gasteiger partial charge in [-0.15, -0.1) is 0 Å². The molecule has 0 bridgehead atoms. The molecule has 0 amide bonds. The van der Waals surface area contributed by atoms with Crippen molar-refractivity contribution >= 4 is 0 Å². The molecule has 0 radical (unpaired) electrons. The minimum Gasteiger partial charge on any atom is -0.504 e. The van der Waals surface area contributed by atoms with Gasteiger partial charge in [0.05, 0.1) is 21.3 Å². The minimum atomic E-state index is 0.0469. The van der Waals surface area contributed by atoms with Gasteiger partial charge in [-0.3, -0.25) is 0 Å². The molecule has 0 saturated carbocycles. The predicted octanol–water partition coefficient (Wildman–Crippen LogP) is 0.919. The van der Waals surface area contributed by atoms with Gasteiger partial charge in [-0.2, -0.15) is 0 Å². The highest BCUT2D eigenvalue weighted by Gasteiger charge is 2.19. The second kappa shape index (κ2) is 5.46. The van der Waals surface area contributed by atoms with Crippen LogP contribution in [-0.2, 0) is 6.42 Å². The number of phenols is 1. The zero-order valence-corrected chi connectivity index (χ0v) is 9.74. The second-order valence-corrected chi connectivity index (χ2v) is 3.19. The van der Waals surface area contributed by atoms with Crippen molar-refractivity contribution < 1.29 is 19.3 Å². The number of hydrogen-bond acceptors (Lipinski definition) is 5. The van der Waals surface area contributed by atoms with E-state index >= 15 is 0 Å². The van der Waals surface area contributed by atoms with Gasteiger partial charge in [0.25, 0.3) is 0 Å². The SMILES string of the molecule is COc1cc(CCN)c(O)c(OC)c1OC. The van der Waals surface area contributed by atoms with Gasteiger partial charge in [0, 0.05) is 5.56 Å². The van der Waals surface area contributed by atoms with Crippen LogP contribution in [-0.4, -0.2) is 33.0 Å². The molecule has 5 heteroatoms. The Morgan fingerprint density at radius 3 is 2.19 bits per heavy atom. The number of aromatic hydroxyl groups is 1. The number of benzene rings is 1. The third-order valence-corrected chi connectivity index (χ3v) is 2.30. The van der Waals surface area contributed by atoms with Crippen LogP contribution in [0.5, 0.6) is 23.0 Å². The maximum Gasteiger partial charge on any atom is 0.207 e. The fourth-order valence-corrected chi connectivity index (χ4v) is 1.54. The fraction of sp³-hybridized carbons (Fsp3) is 0.455. The molecule has 0 spiro atoms. The summed E-state index contributed by atoms with van der Waals surface area (Å²) < 4.78 is 15.4. The number of rotatable bonds is 5. The Kier molecular flexibility index (Phi) is 4.25. The largest absolute Gasteiger partial charge is 0.504 e. The molecule has 0 aliphatic carbocycles. The van der Waals surface area contributed by atoms with E-state index in [0.29, 0.717) is 30.0 Å². The lowest BCUT2D eigenvalue weighted by Gasteiger charge is -2.15. The molecular formula is C11H17NO4. The normalized spacial score (nSPS) is 10.0. The van der Waals surface area contributed by atoms with Crippen molar-refractivity contribution in [2.24, 2.45) is 5.73 Å². The molecule has 1 aromatic carbocycles. The summed E-state index contributed by atoms with van der Waals surface area (Å²) in [5.41, 5.74) is 6.14. The van der Waals surface area contributed by atoms with E-state index in [2.05, 4.69) is 0 Å². The number of nitrogens with two attached hydrogens (primary N) is 1. The Labute approximate surface area is 94.7 Å². The van der Waals surface area contributed by atoms with E-state index in [4.69, 9.17) is 19.9 Å². The molecule has 0 aliphatic rings. The van der Waals surface area contributed by atoms with E-state index in [1.165, 1.54) is 21.3 Å². The van der Waals surface area contributed by atoms with Gasteiger partial charge >= 0.3 is 0 Å². The molecule has 0 fully saturated rings. The Bertz CT molecular complexity index is 365. The zero-order chi connectivity index (χ0) is 12.1. The molecule has 16 heavy (non-hydrogen) atoms. The lowest BCUT2D eigenvalue weighted by molar-refractivity contribution is 0.309. The van der Waals surface area contributed by atoms with Crippen molar-refractivity contribution in [1.82, 2.24) is 0 Å². The maximum atomic E-state index is 9.94. The molecule has 1 aromatic rings. The lowest BCUT2D eigenvalue weighted by Crippen LogP contribution is -2.04. The van der Waals surface area contributed by atoms with Gasteiger partial charge in [0.2, 0.25) is 11.5 Å². The Balaban J connectivity index is 3.35. The van der Waals surface area contributed by atoms with Gasteiger partial charge in [-0.25, -0.2) is 0 Å². The van der Waals surface area contributed by atoms with E-state index < -0.39 is 0 Å². The molecule has 90 valence electrons. The summed E-state index contributed by atoms with van der Waals surface area (Å²) in [6.45, 7) is 0.437. The van der Waals surface area contributed by atoms with Crippen molar-refractivity contribution in [1.29, 1.82) is 0 Å². The van der Waals surface area contributed by atoms with Crippen LogP contribution >= 0.6 is 0 Å². The summed E-state index contributed by atoms with van der Waals surface area (Å²) in [4.78, 5) is 0. The minimum absolute atomic E-state index is 0.0469. The molecular weight excluding hydrogens is 210 g/mol. The fourth-order valence-electron chi connectivity index (χ4n) is 1.54. The highest BCUT2D eigenvalue weighted by atomic mass is 16.5. The number of ether oxygens (including phenoxy) is 3. The highest BCUT2D eigenvalue weighted by Crippen LogP contribution is 2.45. The summed E-state index contributed by atoms with van der Waals surface area (Å²) in [5, 5.41) is 9.94. The quantitative estimate of drug-likeness (QED) is 0.782. The summed E-state index contributed by atoms with van der Waals surface area (Å²) >= 11 is 0. The molecule has 0 unspecified atom stereocenters. The summed E-state index contributed by atoms with van der Waals surface area (Å²) in [6.07, 6.45) is 0.544. The van der Waals surface area contributed by atoms with Crippen molar-refractivity contribution in [2.75, 3.05) is 27.9 Å². The molecule has 0 atom stereocenters. The van der Waals surface area contributed by atoms with Crippen LogP contribution in [0.3, 0.4) is 0 Å². The summed E-state index contributed by atoms with van der Waals surface area (Å²) in [5.74, 6) is 1.21. The average Bonchev–Trinajstić information content (AvgIpc) is 2.31. The van der Waals surface area contributed by atoms with E-state index in [-0.39, 0.29) is 11.5 Å². The molecule has 0 aliphatic heterocycles. The topological polar surface area (TPSA) is 73.9 Å². The molecule has 0 heterocycles.